The number of aliphatic carboxylic acids is 1. The summed E-state index contributed by atoms with van der Waals surface area (Å²) in [6.45, 7) is 4.49. The summed E-state index contributed by atoms with van der Waals surface area (Å²) >= 11 is 0. The molecule has 120 valence electrons. The van der Waals surface area contributed by atoms with Gasteiger partial charge in [-0.2, -0.15) is 0 Å². The van der Waals surface area contributed by atoms with Gasteiger partial charge in [-0.3, -0.25) is 9.59 Å². The predicted octanol–water partition coefficient (Wildman–Crippen LogP) is 2.59. The lowest BCUT2D eigenvalue weighted by Crippen LogP contribution is -2.33. The van der Waals surface area contributed by atoms with Gasteiger partial charge in [0.15, 0.2) is 0 Å². The van der Waals surface area contributed by atoms with E-state index >= 15 is 0 Å². The first-order valence-corrected chi connectivity index (χ1v) is 7.70. The Kier molecular flexibility index (Phi) is 5.55. The molecule has 5 heteroatoms. The molecule has 1 amide bonds. The highest BCUT2D eigenvalue weighted by Gasteiger charge is 2.30. The van der Waals surface area contributed by atoms with E-state index in [1.165, 1.54) is 0 Å². The van der Waals surface area contributed by atoms with Gasteiger partial charge in [-0.15, -0.1) is 0 Å². The minimum Gasteiger partial charge on any atom is -0.481 e. The lowest BCUT2D eigenvalue weighted by atomic mass is 10.1. The summed E-state index contributed by atoms with van der Waals surface area (Å²) in [7, 11) is 0. The van der Waals surface area contributed by atoms with Gasteiger partial charge in [0.25, 0.3) is 5.91 Å². The molecule has 0 spiro atoms. The fourth-order valence-electron chi connectivity index (χ4n) is 2.62. The van der Waals surface area contributed by atoms with E-state index in [0.29, 0.717) is 25.0 Å². The second-order valence-corrected chi connectivity index (χ2v) is 6.08. The summed E-state index contributed by atoms with van der Waals surface area (Å²) < 4.78 is 5.51. The van der Waals surface area contributed by atoms with Crippen molar-refractivity contribution in [3.63, 3.8) is 0 Å². The Labute approximate surface area is 130 Å². The number of carboxylic acid groups (broad SMARTS) is 1. The number of amides is 1. The third-order valence-electron chi connectivity index (χ3n) is 3.92. The van der Waals surface area contributed by atoms with Crippen LogP contribution in [0.15, 0.2) is 24.3 Å². The molecule has 0 unspecified atom stereocenters. The van der Waals surface area contributed by atoms with Gasteiger partial charge in [-0.1, -0.05) is 12.1 Å². The molecule has 1 aliphatic rings. The zero-order chi connectivity index (χ0) is 16.1. The summed E-state index contributed by atoms with van der Waals surface area (Å²) in [5.41, 5.74) is 1.61. The molecule has 1 saturated carbocycles. The zero-order valence-electron chi connectivity index (χ0n) is 13.0. The first-order chi connectivity index (χ1) is 10.5. The van der Waals surface area contributed by atoms with Crippen LogP contribution in [0.1, 0.15) is 49.0 Å². The van der Waals surface area contributed by atoms with Crippen molar-refractivity contribution in [3.05, 3.63) is 35.4 Å². The van der Waals surface area contributed by atoms with Crippen LogP contribution in [-0.4, -0.2) is 29.1 Å². The third-order valence-corrected chi connectivity index (χ3v) is 3.92. The Morgan fingerprint density at radius 2 is 1.95 bits per heavy atom. The zero-order valence-corrected chi connectivity index (χ0v) is 13.0. The SMILES string of the molecule is CC(C)OCc1ccc(C(=O)N[C@@H]2CC[C@H](C(=O)O)C2)cc1. The van der Waals surface area contributed by atoms with Gasteiger partial charge in [0.1, 0.15) is 0 Å². The number of nitrogens with one attached hydrogen (secondary N) is 1. The molecule has 0 aliphatic heterocycles. The van der Waals surface area contributed by atoms with Crippen molar-refractivity contribution in [2.24, 2.45) is 5.92 Å². The lowest BCUT2D eigenvalue weighted by Gasteiger charge is -2.13. The molecule has 2 N–H and O–H groups in total. The molecule has 2 rings (SSSR count). The molecule has 0 radical (unpaired) electrons. The number of carbonyl (C=O) groups is 2. The van der Waals surface area contributed by atoms with Crippen LogP contribution in [0.25, 0.3) is 0 Å². The van der Waals surface area contributed by atoms with Crippen molar-refractivity contribution in [3.8, 4) is 0 Å². The molecule has 5 nitrogen and oxygen atoms in total. The molecule has 0 bridgehead atoms. The maximum atomic E-state index is 12.2. The van der Waals surface area contributed by atoms with E-state index in [9.17, 15) is 9.59 Å². The summed E-state index contributed by atoms with van der Waals surface area (Å²) in [6.07, 6.45) is 2.04. The summed E-state index contributed by atoms with van der Waals surface area (Å²) in [6, 6.07) is 7.27. The second-order valence-electron chi connectivity index (χ2n) is 6.08. The Bertz CT molecular complexity index is 524. The van der Waals surface area contributed by atoms with Crippen molar-refractivity contribution in [2.45, 2.75) is 51.9 Å². The van der Waals surface area contributed by atoms with Crippen LogP contribution in [0.5, 0.6) is 0 Å². The molecule has 1 fully saturated rings. The molecular weight excluding hydrogens is 282 g/mol. The van der Waals surface area contributed by atoms with Crippen molar-refractivity contribution in [2.75, 3.05) is 0 Å². The number of benzene rings is 1. The molecule has 2 atom stereocenters. The van der Waals surface area contributed by atoms with Crippen molar-refractivity contribution < 1.29 is 19.4 Å². The average Bonchev–Trinajstić information content (AvgIpc) is 2.94. The van der Waals surface area contributed by atoms with Gasteiger partial charge in [0.05, 0.1) is 18.6 Å². The highest BCUT2D eigenvalue weighted by atomic mass is 16.5. The molecule has 0 heterocycles. The quantitative estimate of drug-likeness (QED) is 0.847. The number of rotatable bonds is 6. The van der Waals surface area contributed by atoms with Crippen LogP contribution in [-0.2, 0) is 16.1 Å². The van der Waals surface area contributed by atoms with E-state index in [1.54, 1.807) is 12.1 Å². The van der Waals surface area contributed by atoms with E-state index in [1.807, 2.05) is 26.0 Å². The fraction of sp³-hybridized carbons (Fsp3) is 0.529. The first-order valence-electron chi connectivity index (χ1n) is 7.70. The minimum absolute atomic E-state index is 0.0439. The second kappa shape index (κ2) is 7.40. The average molecular weight is 305 g/mol. The molecule has 1 aliphatic carbocycles. The summed E-state index contributed by atoms with van der Waals surface area (Å²) in [4.78, 5) is 23.1. The molecule has 22 heavy (non-hydrogen) atoms. The van der Waals surface area contributed by atoms with Crippen LogP contribution in [0, 0.1) is 5.92 Å². The summed E-state index contributed by atoms with van der Waals surface area (Å²) in [5, 5.41) is 11.9. The molecule has 0 aromatic heterocycles. The van der Waals surface area contributed by atoms with Gasteiger partial charge in [0, 0.05) is 11.6 Å². The Hall–Kier alpha value is -1.88. The molecule has 0 saturated heterocycles. The Morgan fingerprint density at radius 3 is 2.50 bits per heavy atom. The first kappa shape index (κ1) is 16.5. The highest BCUT2D eigenvalue weighted by Crippen LogP contribution is 2.25. The van der Waals surface area contributed by atoms with E-state index in [4.69, 9.17) is 9.84 Å². The fourth-order valence-corrected chi connectivity index (χ4v) is 2.62. The van der Waals surface area contributed by atoms with Gasteiger partial charge in [0.2, 0.25) is 0 Å². The van der Waals surface area contributed by atoms with Gasteiger partial charge < -0.3 is 15.2 Å². The van der Waals surface area contributed by atoms with Crippen molar-refractivity contribution >= 4 is 11.9 Å². The summed E-state index contributed by atoms with van der Waals surface area (Å²) in [5.74, 6) is -1.25. The van der Waals surface area contributed by atoms with Gasteiger partial charge in [-0.25, -0.2) is 0 Å². The normalized spacial score (nSPS) is 21.0. The number of ether oxygens (including phenoxy) is 1. The lowest BCUT2D eigenvalue weighted by molar-refractivity contribution is -0.141. The largest absolute Gasteiger partial charge is 0.481 e. The van der Waals surface area contributed by atoms with Crippen molar-refractivity contribution in [1.29, 1.82) is 0 Å². The van der Waals surface area contributed by atoms with E-state index < -0.39 is 5.97 Å². The Morgan fingerprint density at radius 1 is 1.27 bits per heavy atom. The monoisotopic (exact) mass is 305 g/mol. The molecule has 1 aromatic rings. The van der Waals surface area contributed by atoms with Crippen LogP contribution in [0.4, 0.5) is 0 Å². The predicted molar refractivity (Wildman–Crippen MR) is 82.6 cm³/mol. The smallest absolute Gasteiger partial charge is 0.306 e. The maximum absolute atomic E-state index is 12.2. The van der Waals surface area contributed by atoms with Crippen LogP contribution in [0.3, 0.4) is 0 Å². The van der Waals surface area contributed by atoms with E-state index in [2.05, 4.69) is 5.32 Å². The van der Waals surface area contributed by atoms with Crippen LogP contribution in [0.2, 0.25) is 0 Å². The minimum atomic E-state index is -0.772. The number of hydrogen-bond acceptors (Lipinski definition) is 3. The number of carboxylic acids is 1. The molecular formula is C17H23NO4. The van der Waals surface area contributed by atoms with Crippen LogP contribution >= 0.6 is 0 Å². The van der Waals surface area contributed by atoms with Crippen molar-refractivity contribution in [1.82, 2.24) is 5.32 Å². The topological polar surface area (TPSA) is 75.6 Å². The third kappa shape index (κ3) is 4.56. The van der Waals surface area contributed by atoms with Crippen LogP contribution < -0.4 is 5.32 Å². The standard InChI is InChI=1S/C17H23NO4/c1-11(2)22-10-12-3-5-13(6-4-12)16(19)18-15-8-7-14(9-15)17(20)21/h3-6,11,14-15H,7-10H2,1-2H3,(H,18,19)(H,20,21)/t14-,15+/m0/s1. The van der Waals surface area contributed by atoms with E-state index in [-0.39, 0.29) is 24.0 Å². The number of hydrogen-bond donors (Lipinski definition) is 2. The molecule has 1 aromatic carbocycles. The van der Waals surface area contributed by atoms with Gasteiger partial charge >= 0.3 is 5.97 Å². The highest BCUT2D eigenvalue weighted by molar-refractivity contribution is 5.94. The maximum Gasteiger partial charge on any atom is 0.306 e. The van der Waals surface area contributed by atoms with E-state index in [0.717, 1.165) is 12.0 Å². The van der Waals surface area contributed by atoms with Gasteiger partial charge in [-0.05, 0) is 50.8 Å². The Balaban J connectivity index is 1.86. The number of carbonyl (C=O) groups excluding carboxylic acids is 1.